The minimum atomic E-state index is 0.0746. The molecule has 0 aromatic rings. The van der Waals surface area contributed by atoms with Gasteiger partial charge >= 0.3 is 0 Å². The van der Waals surface area contributed by atoms with E-state index < -0.39 is 0 Å². The summed E-state index contributed by atoms with van der Waals surface area (Å²) in [5.74, 6) is 0.0746. The van der Waals surface area contributed by atoms with Crippen molar-refractivity contribution < 1.29 is 4.79 Å². The monoisotopic (exact) mass is 213 g/mol. The normalized spacial score (nSPS) is 19.9. The Balaban J connectivity index is 2.07. The first-order chi connectivity index (χ1) is 7.18. The van der Waals surface area contributed by atoms with Gasteiger partial charge in [-0.3, -0.25) is 4.79 Å². The first kappa shape index (κ1) is 12.5. The number of amides is 1. The molecule has 0 aliphatic carbocycles. The van der Waals surface area contributed by atoms with Crippen LogP contribution in [0.1, 0.15) is 19.8 Å². The van der Waals surface area contributed by atoms with E-state index >= 15 is 0 Å². The molecule has 0 aromatic carbocycles. The van der Waals surface area contributed by atoms with E-state index in [0.717, 1.165) is 26.1 Å². The summed E-state index contributed by atoms with van der Waals surface area (Å²) in [4.78, 5) is 15.5. The zero-order chi connectivity index (χ0) is 11.1. The summed E-state index contributed by atoms with van der Waals surface area (Å²) in [6, 6.07) is 0. The Hall–Kier alpha value is -0.610. The summed E-state index contributed by atoms with van der Waals surface area (Å²) < 4.78 is 0. The number of likely N-dealkylation sites (N-methyl/N-ethyl adjacent to an activating group) is 1. The molecule has 1 saturated heterocycles. The predicted octanol–water partition coefficient (Wildman–Crippen LogP) is 0.150. The Morgan fingerprint density at radius 1 is 1.27 bits per heavy atom. The largest absolute Gasteiger partial charge is 0.356 e. The summed E-state index contributed by atoms with van der Waals surface area (Å²) in [7, 11) is 2.18. The molecule has 1 rings (SSSR count). The molecule has 0 unspecified atom stereocenters. The van der Waals surface area contributed by atoms with Gasteiger partial charge in [0.15, 0.2) is 0 Å². The molecule has 1 N–H and O–H groups in total. The van der Waals surface area contributed by atoms with Crippen LogP contribution < -0.4 is 5.32 Å². The molecule has 0 spiro atoms. The third kappa shape index (κ3) is 5.74. The van der Waals surface area contributed by atoms with Crippen LogP contribution in [0.4, 0.5) is 0 Å². The molecule has 15 heavy (non-hydrogen) atoms. The van der Waals surface area contributed by atoms with Crippen LogP contribution in [0.5, 0.6) is 0 Å². The van der Waals surface area contributed by atoms with Gasteiger partial charge in [-0.1, -0.05) is 0 Å². The van der Waals surface area contributed by atoms with Gasteiger partial charge in [0.25, 0.3) is 0 Å². The number of rotatable bonds is 4. The van der Waals surface area contributed by atoms with Crippen LogP contribution in [0.25, 0.3) is 0 Å². The van der Waals surface area contributed by atoms with Gasteiger partial charge in [-0.25, -0.2) is 0 Å². The minimum Gasteiger partial charge on any atom is -0.356 e. The maximum Gasteiger partial charge on any atom is 0.216 e. The average Bonchev–Trinajstić information content (AvgIpc) is 2.38. The fraction of sp³-hybridized carbons (Fsp3) is 0.909. The molecule has 0 atom stereocenters. The van der Waals surface area contributed by atoms with Crippen molar-refractivity contribution >= 4 is 5.91 Å². The number of nitrogens with one attached hydrogen (secondary N) is 1. The van der Waals surface area contributed by atoms with Crippen LogP contribution in [0.3, 0.4) is 0 Å². The Kier molecular flexibility index (Phi) is 5.65. The lowest BCUT2D eigenvalue weighted by molar-refractivity contribution is -0.118. The maximum absolute atomic E-state index is 10.7. The van der Waals surface area contributed by atoms with E-state index in [2.05, 4.69) is 22.2 Å². The van der Waals surface area contributed by atoms with Crippen molar-refractivity contribution in [3.05, 3.63) is 0 Å². The highest BCUT2D eigenvalue weighted by molar-refractivity contribution is 5.72. The van der Waals surface area contributed by atoms with Crippen molar-refractivity contribution in [1.82, 2.24) is 15.1 Å². The second-order valence-electron chi connectivity index (χ2n) is 4.33. The highest BCUT2D eigenvalue weighted by Crippen LogP contribution is 2.01. The van der Waals surface area contributed by atoms with E-state index in [0.29, 0.717) is 0 Å². The molecule has 1 aliphatic heterocycles. The molecule has 1 fully saturated rings. The number of carbonyl (C=O) groups is 1. The smallest absolute Gasteiger partial charge is 0.216 e. The van der Waals surface area contributed by atoms with Crippen molar-refractivity contribution in [2.75, 3.05) is 46.3 Å². The van der Waals surface area contributed by atoms with Gasteiger partial charge in [0, 0.05) is 26.6 Å². The van der Waals surface area contributed by atoms with Crippen molar-refractivity contribution in [2.24, 2.45) is 0 Å². The fourth-order valence-electron chi connectivity index (χ4n) is 1.89. The Bertz CT molecular complexity index is 196. The van der Waals surface area contributed by atoms with Gasteiger partial charge < -0.3 is 15.1 Å². The molecule has 0 radical (unpaired) electrons. The van der Waals surface area contributed by atoms with Gasteiger partial charge in [0.1, 0.15) is 0 Å². The van der Waals surface area contributed by atoms with Gasteiger partial charge in [-0.05, 0) is 39.5 Å². The number of hydrogen-bond acceptors (Lipinski definition) is 3. The lowest BCUT2D eigenvalue weighted by atomic mass is 10.3. The third-order valence-corrected chi connectivity index (χ3v) is 2.84. The van der Waals surface area contributed by atoms with Crippen molar-refractivity contribution in [3.8, 4) is 0 Å². The predicted molar refractivity (Wildman–Crippen MR) is 61.9 cm³/mol. The molecule has 0 saturated carbocycles. The lowest BCUT2D eigenvalue weighted by Crippen LogP contribution is -2.32. The Morgan fingerprint density at radius 3 is 2.80 bits per heavy atom. The standard InChI is InChI=1S/C11H23N3O/c1-11(15)12-5-3-7-14-8-4-6-13(2)9-10-14/h3-10H2,1-2H3,(H,12,15). The quantitative estimate of drug-likeness (QED) is 0.675. The molecule has 1 amide bonds. The highest BCUT2D eigenvalue weighted by atomic mass is 16.1. The third-order valence-electron chi connectivity index (χ3n) is 2.84. The van der Waals surface area contributed by atoms with E-state index in [1.54, 1.807) is 6.92 Å². The van der Waals surface area contributed by atoms with Crippen LogP contribution >= 0.6 is 0 Å². The minimum absolute atomic E-state index is 0.0746. The molecule has 1 heterocycles. The second kappa shape index (κ2) is 6.80. The summed E-state index contributed by atoms with van der Waals surface area (Å²) in [6.07, 6.45) is 2.32. The van der Waals surface area contributed by atoms with Crippen LogP contribution in [0.15, 0.2) is 0 Å². The zero-order valence-electron chi connectivity index (χ0n) is 9.96. The molecule has 4 nitrogen and oxygen atoms in total. The Labute approximate surface area is 92.6 Å². The van der Waals surface area contributed by atoms with E-state index in [9.17, 15) is 4.79 Å². The SMILES string of the molecule is CC(=O)NCCCN1CCCN(C)CC1. The van der Waals surface area contributed by atoms with E-state index in [1.807, 2.05) is 0 Å². The molecule has 0 bridgehead atoms. The summed E-state index contributed by atoms with van der Waals surface area (Å²) >= 11 is 0. The summed E-state index contributed by atoms with van der Waals surface area (Å²) in [5, 5.41) is 2.83. The van der Waals surface area contributed by atoms with E-state index in [1.165, 1.54) is 26.1 Å². The molecule has 1 aliphatic rings. The fourth-order valence-corrected chi connectivity index (χ4v) is 1.89. The van der Waals surface area contributed by atoms with Crippen LogP contribution in [0.2, 0.25) is 0 Å². The van der Waals surface area contributed by atoms with E-state index in [4.69, 9.17) is 0 Å². The van der Waals surface area contributed by atoms with Crippen LogP contribution in [-0.2, 0) is 4.79 Å². The van der Waals surface area contributed by atoms with E-state index in [-0.39, 0.29) is 5.91 Å². The zero-order valence-corrected chi connectivity index (χ0v) is 9.96. The number of hydrogen-bond donors (Lipinski definition) is 1. The molecule has 0 aromatic heterocycles. The molecule has 4 heteroatoms. The van der Waals surface area contributed by atoms with Crippen LogP contribution in [0, 0.1) is 0 Å². The van der Waals surface area contributed by atoms with Crippen molar-refractivity contribution in [3.63, 3.8) is 0 Å². The lowest BCUT2D eigenvalue weighted by Gasteiger charge is -2.19. The van der Waals surface area contributed by atoms with Crippen LogP contribution in [-0.4, -0.2) is 62.0 Å². The van der Waals surface area contributed by atoms with Gasteiger partial charge in [-0.15, -0.1) is 0 Å². The Morgan fingerprint density at radius 2 is 2.07 bits per heavy atom. The van der Waals surface area contributed by atoms with Crippen molar-refractivity contribution in [2.45, 2.75) is 19.8 Å². The van der Waals surface area contributed by atoms with Gasteiger partial charge in [0.2, 0.25) is 5.91 Å². The number of nitrogens with zero attached hydrogens (tertiary/aromatic N) is 2. The first-order valence-corrected chi connectivity index (χ1v) is 5.84. The molecule has 88 valence electrons. The number of carbonyl (C=O) groups excluding carboxylic acids is 1. The summed E-state index contributed by atoms with van der Waals surface area (Å²) in [5.41, 5.74) is 0. The van der Waals surface area contributed by atoms with Gasteiger partial charge in [0.05, 0.1) is 0 Å². The highest BCUT2D eigenvalue weighted by Gasteiger charge is 2.10. The molecular formula is C11H23N3O. The average molecular weight is 213 g/mol. The topological polar surface area (TPSA) is 35.6 Å². The second-order valence-corrected chi connectivity index (χ2v) is 4.33. The van der Waals surface area contributed by atoms with Gasteiger partial charge in [-0.2, -0.15) is 0 Å². The summed E-state index contributed by atoms with van der Waals surface area (Å²) in [6.45, 7) is 8.22. The van der Waals surface area contributed by atoms with Crippen molar-refractivity contribution in [1.29, 1.82) is 0 Å². The first-order valence-electron chi connectivity index (χ1n) is 5.84. The molecular weight excluding hydrogens is 190 g/mol. The maximum atomic E-state index is 10.7.